The molecule has 2 aromatic rings. The molecule has 0 bridgehead atoms. The van der Waals surface area contributed by atoms with Gasteiger partial charge in [0.25, 0.3) is 0 Å². The van der Waals surface area contributed by atoms with Crippen LogP contribution in [-0.4, -0.2) is 24.0 Å². The molecule has 2 atom stereocenters. The maximum absolute atomic E-state index is 12.6. The van der Waals surface area contributed by atoms with Crippen molar-refractivity contribution in [3.63, 3.8) is 0 Å². The minimum absolute atomic E-state index is 0.0311. The van der Waals surface area contributed by atoms with E-state index in [0.717, 1.165) is 43.1 Å². The Hall–Kier alpha value is -1.24. The molecule has 23 heavy (non-hydrogen) atoms. The topological polar surface area (TPSA) is 54.0 Å². The van der Waals surface area contributed by atoms with Crippen molar-refractivity contribution in [2.45, 2.75) is 39.2 Å². The highest BCUT2D eigenvalue weighted by atomic mass is 32.1. The van der Waals surface area contributed by atoms with Crippen molar-refractivity contribution in [2.75, 3.05) is 13.1 Å². The van der Waals surface area contributed by atoms with Gasteiger partial charge in [-0.25, -0.2) is 4.98 Å². The quantitative estimate of drug-likeness (QED) is 0.871. The molecule has 0 saturated carbocycles. The van der Waals surface area contributed by atoms with Gasteiger partial charge in [-0.3, -0.25) is 4.79 Å². The second-order valence-electron chi connectivity index (χ2n) is 6.13. The zero-order valence-corrected chi connectivity index (χ0v) is 15.2. The van der Waals surface area contributed by atoms with Crippen LogP contribution < -0.4 is 10.6 Å². The minimum Gasteiger partial charge on any atom is -0.346 e. The van der Waals surface area contributed by atoms with Crippen LogP contribution in [0.3, 0.4) is 0 Å². The first kappa shape index (κ1) is 16.6. The van der Waals surface area contributed by atoms with E-state index in [1.165, 1.54) is 10.4 Å². The molecule has 1 aliphatic heterocycles. The Kier molecular flexibility index (Phi) is 5.46. The molecule has 0 spiro atoms. The lowest BCUT2D eigenvalue weighted by molar-refractivity contribution is -0.126. The Morgan fingerprint density at radius 2 is 2.39 bits per heavy atom. The lowest BCUT2D eigenvalue weighted by Crippen LogP contribution is -2.42. The monoisotopic (exact) mass is 349 g/mol. The van der Waals surface area contributed by atoms with Gasteiger partial charge in [0.1, 0.15) is 5.01 Å². The van der Waals surface area contributed by atoms with Crippen molar-refractivity contribution >= 4 is 28.6 Å². The number of aromatic nitrogens is 1. The fraction of sp³-hybridized carbons (Fsp3) is 0.529. The van der Waals surface area contributed by atoms with E-state index in [9.17, 15) is 4.79 Å². The van der Waals surface area contributed by atoms with Gasteiger partial charge in [-0.15, -0.1) is 11.3 Å². The SMILES string of the molecule is Cc1nc([C@H](Cc2ccsc2)NC(=O)[C@@H]2CCCNC2)sc1C. The molecule has 3 heterocycles. The number of thiazole rings is 1. The van der Waals surface area contributed by atoms with E-state index in [0.29, 0.717) is 0 Å². The molecule has 0 unspecified atom stereocenters. The van der Waals surface area contributed by atoms with Crippen LogP contribution in [0.15, 0.2) is 16.8 Å². The smallest absolute Gasteiger partial charge is 0.224 e. The van der Waals surface area contributed by atoms with Gasteiger partial charge in [-0.1, -0.05) is 0 Å². The Bertz CT molecular complexity index is 625. The van der Waals surface area contributed by atoms with Crippen LogP contribution in [-0.2, 0) is 11.2 Å². The van der Waals surface area contributed by atoms with Crippen molar-refractivity contribution in [3.05, 3.63) is 38.0 Å². The number of hydrogen-bond acceptors (Lipinski definition) is 5. The van der Waals surface area contributed by atoms with E-state index in [1.54, 1.807) is 22.7 Å². The number of aryl methyl sites for hydroxylation is 2. The van der Waals surface area contributed by atoms with E-state index in [-0.39, 0.29) is 17.9 Å². The van der Waals surface area contributed by atoms with E-state index >= 15 is 0 Å². The number of nitrogens with zero attached hydrogens (tertiary/aromatic N) is 1. The molecule has 1 fully saturated rings. The number of nitrogens with one attached hydrogen (secondary N) is 2. The normalized spacial score (nSPS) is 19.5. The summed E-state index contributed by atoms with van der Waals surface area (Å²) in [5.41, 5.74) is 2.32. The van der Waals surface area contributed by atoms with Gasteiger partial charge in [0.2, 0.25) is 5.91 Å². The van der Waals surface area contributed by atoms with Gasteiger partial charge in [-0.05, 0) is 55.6 Å². The molecule has 0 aliphatic carbocycles. The molecule has 3 rings (SSSR count). The van der Waals surface area contributed by atoms with Crippen molar-refractivity contribution in [2.24, 2.45) is 5.92 Å². The summed E-state index contributed by atoms with van der Waals surface area (Å²) < 4.78 is 0. The largest absolute Gasteiger partial charge is 0.346 e. The lowest BCUT2D eigenvalue weighted by atomic mass is 9.98. The number of piperidine rings is 1. The predicted octanol–water partition coefficient (Wildman–Crippen LogP) is 3.22. The summed E-state index contributed by atoms with van der Waals surface area (Å²) in [5, 5.41) is 11.8. The molecular formula is C17H23N3OS2. The third-order valence-electron chi connectivity index (χ3n) is 4.35. The average molecular weight is 350 g/mol. The molecular weight excluding hydrogens is 326 g/mol. The maximum atomic E-state index is 12.6. The predicted molar refractivity (Wildman–Crippen MR) is 96.1 cm³/mol. The van der Waals surface area contributed by atoms with Crippen molar-refractivity contribution in [1.29, 1.82) is 0 Å². The van der Waals surface area contributed by atoms with E-state index in [1.807, 2.05) is 6.92 Å². The van der Waals surface area contributed by atoms with Crippen LogP contribution in [0.1, 0.15) is 40.0 Å². The molecule has 2 N–H and O–H groups in total. The maximum Gasteiger partial charge on any atom is 0.224 e. The summed E-state index contributed by atoms with van der Waals surface area (Å²) in [6.07, 6.45) is 2.85. The first-order valence-corrected chi connectivity index (χ1v) is 9.85. The van der Waals surface area contributed by atoms with Gasteiger partial charge in [-0.2, -0.15) is 11.3 Å². The summed E-state index contributed by atoms with van der Waals surface area (Å²) in [6.45, 7) is 5.93. The van der Waals surface area contributed by atoms with Crippen molar-refractivity contribution in [3.8, 4) is 0 Å². The third kappa shape index (κ3) is 4.19. The van der Waals surface area contributed by atoms with Gasteiger partial charge in [0.05, 0.1) is 17.7 Å². The number of carbonyl (C=O) groups excluding carboxylic acids is 1. The molecule has 0 aromatic carbocycles. The van der Waals surface area contributed by atoms with Crippen LogP contribution in [0.25, 0.3) is 0 Å². The highest BCUT2D eigenvalue weighted by Gasteiger charge is 2.25. The summed E-state index contributed by atoms with van der Waals surface area (Å²) in [5.74, 6) is 0.235. The third-order valence-corrected chi connectivity index (χ3v) is 6.27. The second-order valence-corrected chi connectivity index (χ2v) is 8.15. The van der Waals surface area contributed by atoms with Gasteiger partial charge in [0.15, 0.2) is 0 Å². The highest BCUT2D eigenvalue weighted by Crippen LogP contribution is 2.27. The van der Waals surface area contributed by atoms with Gasteiger partial charge in [0, 0.05) is 17.8 Å². The summed E-state index contributed by atoms with van der Waals surface area (Å²) in [6, 6.07) is 2.09. The van der Waals surface area contributed by atoms with Crippen LogP contribution in [0.2, 0.25) is 0 Å². The molecule has 4 nitrogen and oxygen atoms in total. The fourth-order valence-corrected chi connectivity index (χ4v) is 4.51. The van der Waals surface area contributed by atoms with Crippen LogP contribution >= 0.6 is 22.7 Å². The number of hydrogen-bond donors (Lipinski definition) is 2. The molecule has 1 aliphatic rings. The second kappa shape index (κ2) is 7.55. The first-order valence-electron chi connectivity index (χ1n) is 8.09. The van der Waals surface area contributed by atoms with E-state index < -0.39 is 0 Å². The Labute approximate surface area is 145 Å². The number of thiophene rings is 1. The van der Waals surface area contributed by atoms with E-state index in [2.05, 4.69) is 39.4 Å². The minimum atomic E-state index is -0.0311. The first-order chi connectivity index (χ1) is 11.1. The molecule has 2 aromatic heterocycles. The molecule has 1 saturated heterocycles. The number of rotatable bonds is 5. The molecule has 0 radical (unpaired) electrons. The lowest BCUT2D eigenvalue weighted by Gasteiger charge is -2.24. The Balaban J connectivity index is 1.75. The summed E-state index contributed by atoms with van der Waals surface area (Å²) in [4.78, 5) is 18.5. The Morgan fingerprint density at radius 3 is 3.00 bits per heavy atom. The molecule has 1 amide bonds. The standard InChI is InChI=1S/C17H23N3OS2/c1-11-12(2)23-17(19-11)15(8-13-5-7-22-10-13)20-16(21)14-4-3-6-18-9-14/h5,7,10,14-15,18H,3-4,6,8-9H2,1-2H3,(H,20,21)/t14-,15+/m1/s1. The van der Waals surface area contributed by atoms with Crippen molar-refractivity contribution < 1.29 is 4.79 Å². The zero-order chi connectivity index (χ0) is 16.2. The van der Waals surface area contributed by atoms with Crippen LogP contribution in [0, 0.1) is 19.8 Å². The van der Waals surface area contributed by atoms with Crippen LogP contribution in [0.5, 0.6) is 0 Å². The fourth-order valence-electron chi connectivity index (χ4n) is 2.86. The summed E-state index contributed by atoms with van der Waals surface area (Å²) >= 11 is 3.39. The molecule has 6 heteroatoms. The van der Waals surface area contributed by atoms with Crippen LogP contribution in [0.4, 0.5) is 0 Å². The molecule has 124 valence electrons. The highest BCUT2D eigenvalue weighted by molar-refractivity contribution is 7.11. The number of carbonyl (C=O) groups is 1. The summed E-state index contributed by atoms with van der Waals surface area (Å²) in [7, 11) is 0. The Morgan fingerprint density at radius 1 is 1.52 bits per heavy atom. The van der Waals surface area contributed by atoms with E-state index in [4.69, 9.17) is 0 Å². The number of amides is 1. The van der Waals surface area contributed by atoms with Gasteiger partial charge >= 0.3 is 0 Å². The van der Waals surface area contributed by atoms with Gasteiger partial charge < -0.3 is 10.6 Å². The average Bonchev–Trinajstić information content (AvgIpc) is 3.18. The zero-order valence-electron chi connectivity index (χ0n) is 13.6. The van der Waals surface area contributed by atoms with Crippen molar-refractivity contribution in [1.82, 2.24) is 15.6 Å².